The Labute approximate surface area is 149 Å². The van der Waals surface area contributed by atoms with Crippen molar-refractivity contribution in [1.82, 2.24) is 5.32 Å². The zero-order valence-corrected chi connectivity index (χ0v) is 15.8. The first-order chi connectivity index (χ1) is 11.6. The maximum atomic E-state index is 12.6. The zero-order valence-electron chi connectivity index (χ0n) is 15.0. The lowest BCUT2D eigenvalue weighted by Gasteiger charge is -2.26. The fourth-order valence-electron chi connectivity index (χ4n) is 2.60. The van der Waals surface area contributed by atoms with Crippen molar-refractivity contribution in [2.24, 2.45) is 0 Å². The normalized spacial score (nSPS) is 11.8. The third-order valence-electron chi connectivity index (χ3n) is 3.74. The fourth-order valence-corrected chi connectivity index (χ4v) is 3.22. The highest BCUT2D eigenvalue weighted by Crippen LogP contribution is 2.19. The van der Waals surface area contributed by atoms with Crippen LogP contribution in [0.1, 0.15) is 35.3 Å². The first-order valence-corrected chi connectivity index (χ1v) is 9.90. The van der Waals surface area contributed by atoms with Crippen LogP contribution >= 0.6 is 0 Å². The van der Waals surface area contributed by atoms with E-state index in [0.29, 0.717) is 17.7 Å². The van der Waals surface area contributed by atoms with Gasteiger partial charge in [0.05, 0.1) is 11.9 Å². The van der Waals surface area contributed by atoms with E-state index in [4.69, 9.17) is 0 Å². The number of aryl methyl sites for hydroxylation is 1. The topological polar surface area (TPSA) is 75.3 Å². The van der Waals surface area contributed by atoms with Gasteiger partial charge in [-0.2, -0.15) is 0 Å². The molecule has 0 heterocycles. The number of sulfonamides is 1. The number of rotatable bonds is 6. The molecule has 2 aromatic carbocycles. The van der Waals surface area contributed by atoms with Crippen LogP contribution in [0.4, 0.5) is 5.69 Å². The van der Waals surface area contributed by atoms with Gasteiger partial charge in [0.15, 0.2) is 0 Å². The van der Waals surface area contributed by atoms with Crippen LogP contribution in [0.25, 0.3) is 0 Å². The summed E-state index contributed by atoms with van der Waals surface area (Å²) in [7, 11) is -3.40. The van der Waals surface area contributed by atoms with E-state index in [1.54, 1.807) is 25.1 Å². The summed E-state index contributed by atoms with van der Waals surface area (Å²) in [5.41, 5.74) is 2.28. The van der Waals surface area contributed by atoms with Crippen LogP contribution in [-0.4, -0.2) is 26.1 Å². The predicted octanol–water partition coefficient (Wildman–Crippen LogP) is 3.12. The van der Waals surface area contributed by atoms with Crippen LogP contribution < -0.4 is 10.0 Å². The van der Waals surface area contributed by atoms with E-state index in [0.717, 1.165) is 17.4 Å². The molecule has 2 N–H and O–H groups in total. The molecule has 2 rings (SSSR count). The Morgan fingerprint density at radius 1 is 1.08 bits per heavy atom. The van der Waals surface area contributed by atoms with Crippen LogP contribution in [0.2, 0.25) is 0 Å². The molecule has 0 atom stereocenters. The van der Waals surface area contributed by atoms with Crippen molar-refractivity contribution in [3.63, 3.8) is 0 Å². The highest BCUT2D eigenvalue weighted by Gasteiger charge is 2.22. The van der Waals surface area contributed by atoms with Crippen LogP contribution in [0.5, 0.6) is 0 Å². The number of benzene rings is 2. The van der Waals surface area contributed by atoms with Gasteiger partial charge < -0.3 is 5.32 Å². The summed E-state index contributed by atoms with van der Waals surface area (Å²) in [6, 6.07) is 14.9. The van der Waals surface area contributed by atoms with Crippen molar-refractivity contribution in [1.29, 1.82) is 0 Å². The summed E-state index contributed by atoms with van der Waals surface area (Å²) < 4.78 is 25.3. The molecule has 2 aromatic rings. The predicted molar refractivity (Wildman–Crippen MR) is 101 cm³/mol. The van der Waals surface area contributed by atoms with E-state index in [-0.39, 0.29) is 5.91 Å². The molecule has 0 fully saturated rings. The highest BCUT2D eigenvalue weighted by atomic mass is 32.2. The second-order valence-corrected chi connectivity index (χ2v) is 8.65. The molecular formula is C19H24N2O3S. The summed E-state index contributed by atoms with van der Waals surface area (Å²) in [6.07, 6.45) is 1.78. The monoisotopic (exact) mass is 360 g/mol. The molecule has 0 aromatic heterocycles. The van der Waals surface area contributed by atoms with Gasteiger partial charge >= 0.3 is 0 Å². The molecule has 25 heavy (non-hydrogen) atoms. The highest BCUT2D eigenvalue weighted by molar-refractivity contribution is 7.92. The third-order valence-corrected chi connectivity index (χ3v) is 4.33. The Bertz CT molecular complexity index is 859. The van der Waals surface area contributed by atoms with Gasteiger partial charge in [-0.25, -0.2) is 8.42 Å². The average molecular weight is 360 g/mol. The molecule has 0 spiro atoms. The summed E-state index contributed by atoms with van der Waals surface area (Å²) in [4.78, 5) is 12.6. The Morgan fingerprint density at radius 3 is 2.32 bits per heavy atom. The quantitative estimate of drug-likeness (QED) is 0.831. The van der Waals surface area contributed by atoms with Gasteiger partial charge in [0, 0.05) is 11.1 Å². The van der Waals surface area contributed by atoms with Crippen LogP contribution in [0.3, 0.4) is 0 Å². The summed E-state index contributed by atoms with van der Waals surface area (Å²) in [5.74, 6) is -0.238. The van der Waals surface area contributed by atoms with Crippen molar-refractivity contribution in [3.8, 4) is 0 Å². The fraction of sp³-hybridized carbons (Fsp3) is 0.316. The number of hydrogen-bond acceptors (Lipinski definition) is 3. The molecule has 6 heteroatoms. The Kier molecular flexibility index (Phi) is 5.52. The second kappa shape index (κ2) is 7.27. The number of carbonyl (C=O) groups excluding carboxylic acids is 1. The van der Waals surface area contributed by atoms with Crippen LogP contribution in [0, 0.1) is 6.92 Å². The second-order valence-electron chi connectivity index (χ2n) is 6.90. The Morgan fingerprint density at radius 2 is 1.72 bits per heavy atom. The number of anilines is 1. The SMILES string of the molecule is Cc1ccc(C(=O)NC(C)(C)Cc2ccccc2)cc1NS(C)(=O)=O. The van der Waals surface area contributed by atoms with Crippen molar-refractivity contribution in [2.45, 2.75) is 32.7 Å². The Balaban J connectivity index is 2.16. The van der Waals surface area contributed by atoms with E-state index in [2.05, 4.69) is 10.0 Å². The van der Waals surface area contributed by atoms with E-state index in [1.165, 1.54) is 0 Å². The summed E-state index contributed by atoms with van der Waals surface area (Å²) in [5, 5.41) is 3.01. The molecule has 0 aliphatic carbocycles. The van der Waals surface area contributed by atoms with Gasteiger partial charge in [0.2, 0.25) is 10.0 Å². The van der Waals surface area contributed by atoms with Gasteiger partial charge in [0.25, 0.3) is 5.91 Å². The van der Waals surface area contributed by atoms with E-state index in [1.807, 2.05) is 44.2 Å². The van der Waals surface area contributed by atoms with Crippen molar-refractivity contribution in [3.05, 3.63) is 65.2 Å². The molecule has 0 saturated heterocycles. The molecule has 0 saturated carbocycles. The molecule has 0 unspecified atom stereocenters. The van der Waals surface area contributed by atoms with Crippen LogP contribution in [-0.2, 0) is 16.4 Å². The third kappa shape index (κ3) is 5.90. The molecular weight excluding hydrogens is 336 g/mol. The van der Waals surface area contributed by atoms with E-state index >= 15 is 0 Å². The van der Waals surface area contributed by atoms with E-state index in [9.17, 15) is 13.2 Å². The molecule has 0 radical (unpaired) electrons. The number of carbonyl (C=O) groups is 1. The lowest BCUT2D eigenvalue weighted by atomic mass is 9.94. The minimum atomic E-state index is -3.40. The molecule has 134 valence electrons. The number of hydrogen-bond donors (Lipinski definition) is 2. The van der Waals surface area contributed by atoms with Gasteiger partial charge in [-0.3, -0.25) is 9.52 Å². The van der Waals surface area contributed by atoms with Crippen molar-refractivity contribution >= 4 is 21.6 Å². The minimum absolute atomic E-state index is 0.238. The van der Waals surface area contributed by atoms with Crippen molar-refractivity contribution in [2.75, 3.05) is 11.0 Å². The first-order valence-electron chi connectivity index (χ1n) is 8.01. The molecule has 1 amide bonds. The summed E-state index contributed by atoms with van der Waals surface area (Å²) in [6.45, 7) is 5.71. The average Bonchev–Trinajstić information content (AvgIpc) is 2.48. The van der Waals surface area contributed by atoms with Crippen LogP contribution in [0.15, 0.2) is 48.5 Å². The lowest BCUT2D eigenvalue weighted by Crippen LogP contribution is -2.45. The summed E-state index contributed by atoms with van der Waals surface area (Å²) >= 11 is 0. The zero-order chi connectivity index (χ0) is 18.7. The maximum absolute atomic E-state index is 12.6. The largest absolute Gasteiger partial charge is 0.347 e. The maximum Gasteiger partial charge on any atom is 0.251 e. The van der Waals surface area contributed by atoms with E-state index < -0.39 is 15.6 Å². The number of nitrogens with one attached hydrogen (secondary N) is 2. The molecule has 0 aliphatic heterocycles. The lowest BCUT2D eigenvalue weighted by molar-refractivity contribution is 0.0913. The van der Waals surface area contributed by atoms with Gasteiger partial charge in [0.1, 0.15) is 0 Å². The molecule has 0 bridgehead atoms. The first kappa shape index (κ1) is 19.0. The molecule has 5 nitrogen and oxygen atoms in total. The standard InChI is InChI=1S/C19H24N2O3S/c1-14-10-11-16(12-17(14)21-25(4,23)24)18(22)20-19(2,3)13-15-8-6-5-7-9-15/h5-12,21H,13H2,1-4H3,(H,20,22). The Hall–Kier alpha value is -2.34. The minimum Gasteiger partial charge on any atom is -0.347 e. The smallest absolute Gasteiger partial charge is 0.251 e. The van der Waals surface area contributed by atoms with Crippen molar-refractivity contribution < 1.29 is 13.2 Å². The van der Waals surface area contributed by atoms with Gasteiger partial charge in [-0.05, 0) is 50.5 Å². The van der Waals surface area contributed by atoms with Gasteiger partial charge in [-0.15, -0.1) is 0 Å². The van der Waals surface area contributed by atoms with Gasteiger partial charge in [-0.1, -0.05) is 36.4 Å². The molecule has 0 aliphatic rings. The number of amides is 1.